The molecule has 0 aliphatic heterocycles. The summed E-state index contributed by atoms with van der Waals surface area (Å²) in [7, 11) is 0. The third-order valence-corrected chi connectivity index (χ3v) is 2.98. The Labute approximate surface area is 128 Å². The minimum atomic E-state index is -0.480. The van der Waals surface area contributed by atoms with Gasteiger partial charge in [-0.2, -0.15) is 0 Å². The summed E-state index contributed by atoms with van der Waals surface area (Å²) in [5, 5.41) is 0. The number of nitrogen functional groups attached to an aromatic ring is 1. The van der Waals surface area contributed by atoms with Crippen molar-refractivity contribution in [1.82, 2.24) is 0 Å². The molecule has 114 valence electrons. The fraction of sp³-hybridized carbons (Fsp3) is 0.176. The zero-order valence-electron chi connectivity index (χ0n) is 12.2. The number of esters is 2. The maximum Gasteiger partial charge on any atom is 0.338 e. The SMILES string of the molecule is Cc1ccc(C(=O)OCCOC(=O)c2ccc(N)cc2)cc1. The van der Waals surface area contributed by atoms with E-state index in [1.165, 1.54) is 0 Å². The Kier molecular flexibility index (Phi) is 5.14. The van der Waals surface area contributed by atoms with Crippen LogP contribution in [0, 0.1) is 6.92 Å². The van der Waals surface area contributed by atoms with E-state index in [4.69, 9.17) is 15.2 Å². The van der Waals surface area contributed by atoms with Gasteiger partial charge in [-0.1, -0.05) is 17.7 Å². The lowest BCUT2D eigenvalue weighted by Gasteiger charge is -2.07. The molecule has 5 heteroatoms. The Morgan fingerprint density at radius 3 is 1.68 bits per heavy atom. The fourth-order valence-corrected chi connectivity index (χ4v) is 1.74. The molecule has 0 heterocycles. The molecule has 2 rings (SSSR count). The van der Waals surface area contributed by atoms with Crippen LogP contribution in [0.3, 0.4) is 0 Å². The van der Waals surface area contributed by atoms with Crippen LogP contribution in [-0.4, -0.2) is 25.2 Å². The molecule has 0 bridgehead atoms. The second-order valence-electron chi connectivity index (χ2n) is 4.76. The first kappa shape index (κ1) is 15.6. The van der Waals surface area contributed by atoms with Gasteiger partial charge in [0.15, 0.2) is 0 Å². The van der Waals surface area contributed by atoms with E-state index < -0.39 is 11.9 Å². The molecule has 0 amide bonds. The largest absolute Gasteiger partial charge is 0.458 e. The second kappa shape index (κ2) is 7.26. The van der Waals surface area contributed by atoms with Crippen molar-refractivity contribution in [2.24, 2.45) is 0 Å². The highest BCUT2D eigenvalue weighted by Crippen LogP contribution is 2.07. The quantitative estimate of drug-likeness (QED) is 0.521. The van der Waals surface area contributed by atoms with Crippen LogP contribution >= 0.6 is 0 Å². The van der Waals surface area contributed by atoms with E-state index in [-0.39, 0.29) is 13.2 Å². The lowest BCUT2D eigenvalue weighted by Crippen LogP contribution is -2.14. The third-order valence-electron chi connectivity index (χ3n) is 2.98. The van der Waals surface area contributed by atoms with Crippen LogP contribution in [0.1, 0.15) is 26.3 Å². The fourth-order valence-electron chi connectivity index (χ4n) is 1.74. The van der Waals surface area contributed by atoms with Gasteiger partial charge < -0.3 is 15.2 Å². The molecule has 0 saturated heterocycles. The van der Waals surface area contributed by atoms with Crippen molar-refractivity contribution in [1.29, 1.82) is 0 Å². The minimum absolute atomic E-state index is 0.000805. The number of ether oxygens (including phenoxy) is 2. The van der Waals surface area contributed by atoms with Crippen LogP contribution in [0.4, 0.5) is 5.69 Å². The molecule has 5 nitrogen and oxygen atoms in total. The first-order valence-corrected chi connectivity index (χ1v) is 6.83. The average molecular weight is 299 g/mol. The van der Waals surface area contributed by atoms with E-state index in [1.54, 1.807) is 36.4 Å². The summed E-state index contributed by atoms with van der Waals surface area (Å²) in [5.41, 5.74) is 8.04. The highest BCUT2D eigenvalue weighted by Gasteiger charge is 2.09. The number of aryl methyl sites for hydroxylation is 1. The number of carbonyl (C=O) groups is 2. The molecule has 2 N–H and O–H groups in total. The summed E-state index contributed by atoms with van der Waals surface area (Å²) in [4.78, 5) is 23.4. The van der Waals surface area contributed by atoms with Gasteiger partial charge in [-0.05, 0) is 43.3 Å². The lowest BCUT2D eigenvalue weighted by molar-refractivity contribution is 0.0265. The Bertz CT molecular complexity index is 588. The predicted octanol–water partition coefficient (Wildman–Crippen LogP) is 2.59. The highest BCUT2D eigenvalue weighted by atomic mass is 16.6. The van der Waals surface area contributed by atoms with Crippen LogP contribution in [0.2, 0.25) is 0 Å². The van der Waals surface area contributed by atoms with Gasteiger partial charge in [0.1, 0.15) is 13.2 Å². The maximum atomic E-state index is 11.7. The predicted molar refractivity (Wildman–Crippen MR) is 82.6 cm³/mol. The highest BCUT2D eigenvalue weighted by molar-refractivity contribution is 5.90. The van der Waals surface area contributed by atoms with Crippen molar-refractivity contribution in [2.45, 2.75) is 6.92 Å². The number of anilines is 1. The smallest absolute Gasteiger partial charge is 0.338 e. The van der Waals surface area contributed by atoms with Gasteiger partial charge in [0.25, 0.3) is 0 Å². The molecule has 0 aromatic heterocycles. The number of hydrogen-bond acceptors (Lipinski definition) is 5. The Morgan fingerprint density at radius 2 is 1.23 bits per heavy atom. The first-order valence-electron chi connectivity index (χ1n) is 6.83. The molecule has 22 heavy (non-hydrogen) atoms. The van der Waals surface area contributed by atoms with E-state index >= 15 is 0 Å². The van der Waals surface area contributed by atoms with E-state index in [0.29, 0.717) is 16.8 Å². The molecule has 0 radical (unpaired) electrons. The normalized spacial score (nSPS) is 10.0. The van der Waals surface area contributed by atoms with Gasteiger partial charge in [-0.25, -0.2) is 9.59 Å². The summed E-state index contributed by atoms with van der Waals surface area (Å²) in [6, 6.07) is 13.4. The number of carbonyl (C=O) groups excluding carboxylic acids is 2. The van der Waals surface area contributed by atoms with Crippen LogP contribution < -0.4 is 5.73 Å². The van der Waals surface area contributed by atoms with E-state index in [9.17, 15) is 9.59 Å². The lowest BCUT2D eigenvalue weighted by atomic mass is 10.1. The van der Waals surface area contributed by atoms with Crippen LogP contribution in [0.15, 0.2) is 48.5 Å². The molecular weight excluding hydrogens is 282 g/mol. The molecule has 0 fully saturated rings. The van der Waals surface area contributed by atoms with Crippen molar-refractivity contribution in [3.05, 3.63) is 65.2 Å². The monoisotopic (exact) mass is 299 g/mol. The summed E-state index contributed by atoms with van der Waals surface area (Å²) >= 11 is 0. The topological polar surface area (TPSA) is 78.6 Å². The number of nitrogens with two attached hydrogens (primary N) is 1. The number of benzene rings is 2. The summed E-state index contributed by atoms with van der Waals surface area (Å²) in [6.07, 6.45) is 0. The van der Waals surface area contributed by atoms with E-state index in [2.05, 4.69) is 0 Å². The Hall–Kier alpha value is -2.82. The standard InChI is InChI=1S/C17H17NO4/c1-12-2-4-13(5-3-12)16(19)21-10-11-22-17(20)14-6-8-15(18)9-7-14/h2-9H,10-11,18H2,1H3. The molecule has 0 atom stereocenters. The second-order valence-corrected chi connectivity index (χ2v) is 4.76. The zero-order valence-corrected chi connectivity index (χ0v) is 12.2. The summed E-state index contributed by atoms with van der Waals surface area (Å²) in [5.74, 6) is -0.921. The van der Waals surface area contributed by atoms with Crippen molar-refractivity contribution in [3.8, 4) is 0 Å². The summed E-state index contributed by atoms with van der Waals surface area (Å²) in [6.45, 7) is 1.94. The number of hydrogen-bond donors (Lipinski definition) is 1. The van der Waals surface area contributed by atoms with E-state index in [0.717, 1.165) is 5.56 Å². The molecule has 0 unspecified atom stereocenters. The van der Waals surface area contributed by atoms with E-state index in [1.807, 2.05) is 19.1 Å². The molecule has 0 saturated carbocycles. The number of rotatable bonds is 5. The van der Waals surface area contributed by atoms with Gasteiger partial charge in [-0.3, -0.25) is 0 Å². The van der Waals surface area contributed by atoms with Gasteiger partial charge >= 0.3 is 11.9 Å². The third kappa shape index (κ3) is 4.34. The van der Waals surface area contributed by atoms with Crippen LogP contribution in [0.5, 0.6) is 0 Å². The Balaban J connectivity index is 1.74. The van der Waals surface area contributed by atoms with Crippen molar-refractivity contribution in [2.75, 3.05) is 18.9 Å². The summed E-state index contributed by atoms with van der Waals surface area (Å²) < 4.78 is 10.1. The first-order chi connectivity index (χ1) is 10.6. The van der Waals surface area contributed by atoms with Crippen molar-refractivity contribution in [3.63, 3.8) is 0 Å². The average Bonchev–Trinajstić information content (AvgIpc) is 2.52. The minimum Gasteiger partial charge on any atom is -0.458 e. The molecule has 0 spiro atoms. The van der Waals surface area contributed by atoms with Gasteiger partial charge in [0.2, 0.25) is 0 Å². The van der Waals surface area contributed by atoms with Crippen LogP contribution in [-0.2, 0) is 9.47 Å². The Morgan fingerprint density at radius 1 is 0.818 bits per heavy atom. The van der Waals surface area contributed by atoms with Gasteiger partial charge in [-0.15, -0.1) is 0 Å². The molecular formula is C17H17NO4. The zero-order chi connectivity index (χ0) is 15.9. The van der Waals surface area contributed by atoms with Crippen LogP contribution in [0.25, 0.3) is 0 Å². The van der Waals surface area contributed by atoms with Gasteiger partial charge in [0.05, 0.1) is 11.1 Å². The molecule has 2 aromatic rings. The van der Waals surface area contributed by atoms with Gasteiger partial charge in [0, 0.05) is 5.69 Å². The maximum absolute atomic E-state index is 11.7. The molecule has 2 aromatic carbocycles. The molecule has 0 aliphatic rings. The van der Waals surface area contributed by atoms with Crippen molar-refractivity contribution < 1.29 is 19.1 Å². The van der Waals surface area contributed by atoms with Crippen molar-refractivity contribution >= 4 is 17.6 Å². The molecule has 0 aliphatic carbocycles.